The fourth-order valence-corrected chi connectivity index (χ4v) is 0.813. The van der Waals surface area contributed by atoms with Crippen LogP contribution < -0.4 is 5.32 Å². The van der Waals surface area contributed by atoms with Gasteiger partial charge in [-0.3, -0.25) is 0 Å². The Bertz CT molecular complexity index is 142. The first kappa shape index (κ1) is 6.32. The molecule has 1 aliphatic heterocycles. The number of azide groups is 1. The van der Waals surface area contributed by atoms with Crippen LogP contribution in [0.3, 0.4) is 0 Å². The third-order valence-corrected chi connectivity index (χ3v) is 1.31. The van der Waals surface area contributed by atoms with E-state index in [1.165, 1.54) is 0 Å². The van der Waals surface area contributed by atoms with E-state index in [2.05, 4.69) is 15.3 Å². The monoisotopic (exact) mass is 130 g/mol. The van der Waals surface area contributed by atoms with Gasteiger partial charge in [-0.05, 0) is 5.53 Å². The average Bonchev–Trinajstić information content (AvgIpc) is 2.18. The van der Waals surface area contributed by atoms with Crippen molar-refractivity contribution in [1.82, 2.24) is 5.32 Å². The van der Waals surface area contributed by atoms with E-state index in [1.807, 2.05) is 0 Å². The number of nitrogens with zero attached hydrogens (tertiary/aromatic N) is 3. The van der Waals surface area contributed by atoms with Crippen molar-refractivity contribution in [2.75, 3.05) is 13.1 Å². The van der Waals surface area contributed by atoms with Gasteiger partial charge in [0.05, 0.1) is 6.04 Å². The normalized spacial score (nSPS) is 33.9. The van der Waals surface area contributed by atoms with E-state index in [0.717, 1.165) is 0 Å². The average molecular weight is 130 g/mol. The van der Waals surface area contributed by atoms with Gasteiger partial charge in [0.15, 0.2) is 0 Å². The molecule has 0 unspecified atom stereocenters. The van der Waals surface area contributed by atoms with Gasteiger partial charge in [0.1, 0.15) is 6.17 Å². The van der Waals surface area contributed by atoms with E-state index in [-0.39, 0.29) is 0 Å². The molecule has 4 nitrogen and oxygen atoms in total. The molecule has 50 valence electrons. The molecular formula is C4H7FN4. The Hall–Kier alpha value is -0.800. The zero-order chi connectivity index (χ0) is 6.69. The van der Waals surface area contributed by atoms with Gasteiger partial charge >= 0.3 is 0 Å². The van der Waals surface area contributed by atoms with Gasteiger partial charge in [-0.15, -0.1) is 0 Å². The fraction of sp³-hybridized carbons (Fsp3) is 1.00. The molecule has 0 aromatic rings. The predicted octanol–water partition coefficient (Wildman–Crippen LogP) is 0.607. The Morgan fingerprint density at radius 3 is 2.89 bits per heavy atom. The number of alkyl halides is 1. The molecule has 1 rings (SSSR count). The van der Waals surface area contributed by atoms with Gasteiger partial charge in [0.2, 0.25) is 0 Å². The summed E-state index contributed by atoms with van der Waals surface area (Å²) in [7, 11) is 0. The van der Waals surface area contributed by atoms with Gasteiger partial charge in [-0.2, -0.15) is 0 Å². The summed E-state index contributed by atoms with van der Waals surface area (Å²) in [5.41, 5.74) is 7.91. The van der Waals surface area contributed by atoms with E-state index in [9.17, 15) is 4.39 Å². The highest BCUT2D eigenvalue weighted by atomic mass is 19.1. The second-order valence-electron chi connectivity index (χ2n) is 1.95. The highest BCUT2D eigenvalue weighted by Gasteiger charge is 2.24. The molecule has 2 atom stereocenters. The van der Waals surface area contributed by atoms with Crippen LogP contribution in [0.4, 0.5) is 4.39 Å². The van der Waals surface area contributed by atoms with E-state index in [4.69, 9.17) is 5.53 Å². The molecule has 0 spiro atoms. The Morgan fingerprint density at radius 2 is 2.44 bits per heavy atom. The third kappa shape index (κ3) is 1.31. The number of halogens is 1. The van der Waals surface area contributed by atoms with E-state index in [0.29, 0.717) is 13.1 Å². The molecule has 0 saturated carbocycles. The van der Waals surface area contributed by atoms with Crippen molar-refractivity contribution < 1.29 is 4.39 Å². The quantitative estimate of drug-likeness (QED) is 0.315. The first-order valence-corrected chi connectivity index (χ1v) is 2.73. The van der Waals surface area contributed by atoms with Crippen molar-refractivity contribution in [1.29, 1.82) is 0 Å². The largest absolute Gasteiger partial charge is 0.313 e. The van der Waals surface area contributed by atoms with Gasteiger partial charge < -0.3 is 5.32 Å². The molecule has 0 radical (unpaired) electrons. The van der Waals surface area contributed by atoms with E-state index < -0.39 is 12.2 Å². The molecular weight excluding hydrogens is 123 g/mol. The SMILES string of the molecule is [N-]=[N+]=N[C@@H]1CNC[C@H]1F. The minimum absolute atomic E-state index is 0.309. The third-order valence-electron chi connectivity index (χ3n) is 1.31. The molecule has 1 aliphatic rings. The van der Waals surface area contributed by atoms with Gasteiger partial charge in [-0.1, -0.05) is 5.11 Å². The topological polar surface area (TPSA) is 60.8 Å². The van der Waals surface area contributed by atoms with Crippen molar-refractivity contribution >= 4 is 0 Å². The van der Waals surface area contributed by atoms with Gasteiger partial charge in [0, 0.05) is 18.0 Å². The molecule has 1 saturated heterocycles. The van der Waals surface area contributed by atoms with Crippen LogP contribution in [-0.4, -0.2) is 25.3 Å². The molecule has 5 heteroatoms. The Balaban J connectivity index is 2.49. The van der Waals surface area contributed by atoms with Crippen LogP contribution in [0, 0.1) is 0 Å². The van der Waals surface area contributed by atoms with Crippen LogP contribution in [0.1, 0.15) is 0 Å². The summed E-state index contributed by atoms with van der Waals surface area (Å²) >= 11 is 0. The molecule has 0 aromatic carbocycles. The van der Waals surface area contributed by atoms with Crippen LogP contribution in [0.25, 0.3) is 10.4 Å². The summed E-state index contributed by atoms with van der Waals surface area (Å²) in [4.78, 5) is 2.51. The molecule has 0 bridgehead atoms. The second-order valence-corrected chi connectivity index (χ2v) is 1.95. The Kier molecular flexibility index (Phi) is 1.87. The summed E-state index contributed by atoms with van der Waals surface area (Å²) in [6.45, 7) is 0.773. The van der Waals surface area contributed by atoms with Crippen LogP contribution in [0.2, 0.25) is 0 Å². The van der Waals surface area contributed by atoms with Gasteiger partial charge in [-0.25, -0.2) is 4.39 Å². The first-order chi connectivity index (χ1) is 4.34. The zero-order valence-electron chi connectivity index (χ0n) is 4.79. The number of rotatable bonds is 1. The lowest BCUT2D eigenvalue weighted by Crippen LogP contribution is -2.15. The molecule has 1 fully saturated rings. The maximum absolute atomic E-state index is 12.4. The minimum atomic E-state index is -0.999. The zero-order valence-corrected chi connectivity index (χ0v) is 4.79. The number of hydrogen-bond acceptors (Lipinski definition) is 2. The molecule has 1 N–H and O–H groups in total. The Morgan fingerprint density at radius 1 is 1.67 bits per heavy atom. The van der Waals surface area contributed by atoms with Crippen molar-refractivity contribution in [3.8, 4) is 0 Å². The van der Waals surface area contributed by atoms with Gasteiger partial charge in [0.25, 0.3) is 0 Å². The molecule has 1 heterocycles. The lowest BCUT2D eigenvalue weighted by Gasteiger charge is -1.99. The van der Waals surface area contributed by atoms with E-state index in [1.54, 1.807) is 0 Å². The summed E-state index contributed by atoms with van der Waals surface area (Å²) in [5, 5.41) is 6.01. The summed E-state index contributed by atoms with van der Waals surface area (Å²) in [6, 6.07) is -0.491. The van der Waals surface area contributed by atoms with Crippen molar-refractivity contribution in [3.05, 3.63) is 10.4 Å². The van der Waals surface area contributed by atoms with Crippen molar-refractivity contribution in [3.63, 3.8) is 0 Å². The summed E-state index contributed by atoms with van der Waals surface area (Å²) in [6.07, 6.45) is -0.999. The van der Waals surface area contributed by atoms with E-state index >= 15 is 0 Å². The lowest BCUT2D eigenvalue weighted by molar-refractivity contribution is 0.332. The maximum atomic E-state index is 12.4. The second kappa shape index (κ2) is 2.66. The summed E-state index contributed by atoms with van der Waals surface area (Å²) in [5.74, 6) is 0. The van der Waals surface area contributed by atoms with Crippen molar-refractivity contribution in [2.24, 2.45) is 5.11 Å². The fourth-order valence-electron chi connectivity index (χ4n) is 0.813. The molecule has 0 aromatic heterocycles. The standard InChI is InChI=1S/C4H7FN4/c5-3-1-7-2-4(3)8-9-6/h3-4,7H,1-2H2/t3-,4-/m1/s1. The van der Waals surface area contributed by atoms with Crippen LogP contribution >= 0.6 is 0 Å². The lowest BCUT2D eigenvalue weighted by atomic mass is 10.2. The van der Waals surface area contributed by atoms with Crippen LogP contribution in [-0.2, 0) is 0 Å². The molecule has 0 aliphatic carbocycles. The molecule has 0 amide bonds. The number of nitrogens with one attached hydrogen (secondary N) is 1. The van der Waals surface area contributed by atoms with Crippen LogP contribution in [0.15, 0.2) is 5.11 Å². The van der Waals surface area contributed by atoms with Crippen LogP contribution in [0.5, 0.6) is 0 Å². The summed E-state index contributed by atoms with van der Waals surface area (Å²) < 4.78 is 12.4. The highest BCUT2D eigenvalue weighted by molar-refractivity contribution is 4.86. The van der Waals surface area contributed by atoms with Crippen molar-refractivity contribution in [2.45, 2.75) is 12.2 Å². The first-order valence-electron chi connectivity index (χ1n) is 2.73. The highest BCUT2D eigenvalue weighted by Crippen LogP contribution is 2.07. The predicted molar refractivity (Wildman–Crippen MR) is 30.7 cm³/mol. The smallest absolute Gasteiger partial charge is 0.122 e. The number of hydrogen-bond donors (Lipinski definition) is 1. The maximum Gasteiger partial charge on any atom is 0.122 e. The minimum Gasteiger partial charge on any atom is -0.313 e. The molecule has 9 heavy (non-hydrogen) atoms. The Labute approximate surface area is 51.7 Å².